The Labute approximate surface area is 223 Å². The first kappa shape index (κ1) is 29.1. The Balaban J connectivity index is 1.56. The molecule has 2 N–H and O–H groups in total. The summed E-state index contributed by atoms with van der Waals surface area (Å²) in [4.78, 5) is 29.4. The zero-order chi connectivity index (χ0) is 28.6. The van der Waals surface area contributed by atoms with Crippen molar-refractivity contribution in [3.63, 3.8) is 0 Å². The number of rotatable bonds is 8. The summed E-state index contributed by atoms with van der Waals surface area (Å²) in [6.45, 7) is 5.13. The minimum Gasteiger partial charge on any atom is -0.444 e. The van der Waals surface area contributed by atoms with E-state index in [9.17, 15) is 31.5 Å². The summed E-state index contributed by atoms with van der Waals surface area (Å²) in [6.07, 6.45) is -5.62. The summed E-state index contributed by atoms with van der Waals surface area (Å²) in [5.74, 6) is -3.53. The van der Waals surface area contributed by atoms with Crippen LogP contribution >= 0.6 is 0 Å². The second-order valence-electron chi connectivity index (χ2n) is 11.6. The van der Waals surface area contributed by atoms with Crippen LogP contribution in [0.2, 0.25) is 0 Å². The topological polar surface area (TPSA) is 93.5 Å². The van der Waals surface area contributed by atoms with Crippen molar-refractivity contribution in [3.8, 4) is 0 Å². The number of ether oxygens (including phenoxy) is 1. The molecule has 4 rings (SSSR count). The number of oxazole rings is 1. The lowest BCUT2D eigenvalue weighted by Gasteiger charge is -2.33. The first-order valence-corrected chi connectivity index (χ1v) is 13.2. The van der Waals surface area contributed by atoms with Crippen molar-refractivity contribution in [1.82, 2.24) is 15.6 Å². The van der Waals surface area contributed by atoms with Gasteiger partial charge in [-0.25, -0.2) is 18.6 Å². The number of alkyl carbamates (subject to hydrolysis) is 1. The maximum absolute atomic E-state index is 13.8. The largest absolute Gasteiger partial charge is 0.444 e. The molecule has 2 fully saturated rings. The second kappa shape index (κ2) is 10.9. The minimum absolute atomic E-state index is 0.106. The van der Waals surface area contributed by atoms with Crippen LogP contribution in [0.3, 0.4) is 0 Å². The maximum Gasteiger partial charge on any atom is 0.408 e. The van der Waals surface area contributed by atoms with Gasteiger partial charge in [0, 0.05) is 19.3 Å². The van der Waals surface area contributed by atoms with Crippen LogP contribution in [0.5, 0.6) is 0 Å². The number of alkyl halides is 5. The van der Waals surface area contributed by atoms with E-state index < -0.39 is 54.6 Å². The molecule has 0 aliphatic heterocycles. The van der Waals surface area contributed by atoms with Gasteiger partial charge in [-0.15, -0.1) is 0 Å². The van der Waals surface area contributed by atoms with Gasteiger partial charge < -0.3 is 19.8 Å². The number of hydrogen-bond donors (Lipinski definition) is 2. The van der Waals surface area contributed by atoms with Gasteiger partial charge in [0.2, 0.25) is 17.7 Å². The lowest BCUT2D eigenvalue weighted by Crippen LogP contribution is -2.40. The Morgan fingerprint density at radius 1 is 1.05 bits per heavy atom. The van der Waals surface area contributed by atoms with Crippen molar-refractivity contribution in [3.05, 3.63) is 29.7 Å². The van der Waals surface area contributed by atoms with Gasteiger partial charge in [-0.2, -0.15) is 13.2 Å². The fourth-order valence-corrected chi connectivity index (χ4v) is 4.90. The lowest BCUT2D eigenvalue weighted by atomic mass is 9.82. The molecule has 0 saturated heterocycles. The highest BCUT2D eigenvalue weighted by molar-refractivity contribution is 5.78. The summed E-state index contributed by atoms with van der Waals surface area (Å²) < 4.78 is 76.7. The Kier molecular flexibility index (Phi) is 8.14. The minimum atomic E-state index is -4.42. The Morgan fingerprint density at radius 3 is 2.28 bits per heavy atom. The van der Waals surface area contributed by atoms with Gasteiger partial charge in [0.25, 0.3) is 0 Å². The van der Waals surface area contributed by atoms with Crippen molar-refractivity contribution < 1.29 is 40.7 Å². The zero-order valence-electron chi connectivity index (χ0n) is 22.2. The molecule has 39 heavy (non-hydrogen) atoms. The molecule has 7 nitrogen and oxygen atoms in total. The van der Waals surface area contributed by atoms with Crippen LogP contribution in [0.4, 0.5) is 26.7 Å². The van der Waals surface area contributed by atoms with Gasteiger partial charge in [-0.3, -0.25) is 4.79 Å². The number of nitrogens with one attached hydrogen (secondary N) is 2. The number of nitrogens with zero attached hydrogens (tertiary/aromatic N) is 1. The number of aromatic nitrogens is 1. The molecule has 2 aliphatic carbocycles. The van der Waals surface area contributed by atoms with Crippen molar-refractivity contribution in [1.29, 1.82) is 0 Å². The number of fused-ring (bicyclic) bond motifs is 1. The fourth-order valence-electron chi connectivity index (χ4n) is 4.90. The van der Waals surface area contributed by atoms with Crippen LogP contribution in [-0.4, -0.2) is 34.7 Å². The average Bonchev–Trinajstić information content (AvgIpc) is 3.56. The van der Waals surface area contributed by atoms with Crippen LogP contribution in [0.15, 0.2) is 22.6 Å². The molecule has 1 unspecified atom stereocenters. The van der Waals surface area contributed by atoms with Crippen molar-refractivity contribution in [2.24, 2.45) is 11.8 Å². The van der Waals surface area contributed by atoms with Crippen LogP contribution in [0.25, 0.3) is 11.1 Å². The van der Waals surface area contributed by atoms with E-state index in [0.29, 0.717) is 16.7 Å². The van der Waals surface area contributed by atoms with Crippen LogP contribution < -0.4 is 10.6 Å². The van der Waals surface area contributed by atoms with Crippen molar-refractivity contribution in [2.75, 3.05) is 0 Å². The van der Waals surface area contributed by atoms with Crippen molar-refractivity contribution in [2.45, 2.75) is 102 Å². The summed E-state index contributed by atoms with van der Waals surface area (Å²) in [6, 6.07) is 3.81. The standard InChI is InChI=1S/C27H34F5N3O4/c1-25(2,3)39-24(37)35-22(16-8-11-26(28,29)12-9-16)23-33-18-14-17(6-7-19(18)38-23)21(15-4-5-15)34-20(36)10-13-27(30,31)32/h6-7,14-16,21-22H,4-5,8-13H2,1-3H3,(H,34,36)(H,35,37)/t21?,22-/m0/s1. The predicted octanol–water partition coefficient (Wildman–Crippen LogP) is 7.13. The number of hydrogen-bond acceptors (Lipinski definition) is 5. The quantitative estimate of drug-likeness (QED) is 0.336. The predicted molar refractivity (Wildman–Crippen MR) is 132 cm³/mol. The van der Waals surface area contributed by atoms with E-state index in [0.717, 1.165) is 12.8 Å². The zero-order valence-corrected chi connectivity index (χ0v) is 22.2. The van der Waals surface area contributed by atoms with E-state index in [4.69, 9.17) is 9.15 Å². The monoisotopic (exact) mass is 559 g/mol. The van der Waals surface area contributed by atoms with Gasteiger partial charge in [-0.1, -0.05) is 6.07 Å². The molecule has 2 amide bonds. The van der Waals surface area contributed by atoms with Crippen LogP contribution in [0.1, 0.15) is 95.7 Å². The third-order valence-electron chi connectivity index (χ3n) is 7.00. The molecule has 2 aromatic rings. The van der Waals surface area contributed by atoms with Crippen molar-refractivity contribution >= 4 is 23.1 Å². The van der Waals surface area contributed by atoms with E-state index in [2.05, 4.69) is 15.6 Å². The molecule has 2 aliphatic rings. The van der Waals surface area contributed by atoms with E-state index in [1.165, 1.54) is 0 Å². The Morgan fingerprint density at radius 2 is 1.69 bits per heavy atom. The van der Waals surface area contributed by atoms with Crippen LogP contribution in [-0.2, 0) is 9.53 Å². The molecule has 1 heterocycles. The average molecular weight is 560 g/mol. The van der Waals surface area contributed by atoms with E-state index >= 15 is 0 Å². The lowest BCUT2D eigenvalue weighted by molar-refractivity contribution is -0.144. The SMILES string of the molecule is CC(C)(C)OC(=O)N[C@H](c1nc2cc(C(NC(=O)CCC(F)(F)F)C3CC3)ccc2o1)C1CCC(F)(F)CC1. The second-order valence-corrected chi connectivity index (χ2v) is 11.6. The normalized spacial score (nSPS) is 19.9. The number of amides is 2. The number of carbonyl (C=O) groups excluding carboxylic acids is 2. The molecule has 216 valence electrons. The highest BCUT2D eigenvalue weighted by atomic mass is 19.4. The number of benzene rings is 1. The molecule has 2 saturated carbocycles. The van der Waals surface area contributed by atoms with Gasteiger partial charge in [0.15, 0.2) is 5.58 Å². The fraction of sp³-hybridized carbons (Fsp3) is 0.667. The Bertz CT molecular complexity index is 1180. The van der Waals surface area contributed by atoms with Gasteiger partial charge in [0.05, 0.1) is 12.5 Å². The maximum atomic E-state index is 13.8. The molecule has 1 aromatic heterocycles. The first-order chi connectivity index (χ1) is 18.1. The highest BCUT2D eigenvalue weighted by Gasteiger charge is 2.41. The van der Waals surface area contributed by atoms with E-state index in [1.54, 1.807) is 39.0 Å². The third kappa shape index (κ3) is 8.28. The highest BCUT2D eigenvalue weighted by Crippen LogP contribution is 2.43. The summed E-state index contributed by atoms with van der Waals surface area (Å²) >= 11 is 0. The summed E-state index contributed by atoms with van der Waals surface area (Å²) in [7, 11) is 0. The molecule has 0 radical (unpaired) electrons. The van der Waals surface area contributed by atoms with Gasteiger partial charge >= 0.3 is 12.3 Å². The van der Waals surface area contributed by atoms with Gasteiger partial charge in [-0.05, 0) is 76.0 Å². The molecule has 2 atom stereocenters. The molecular formula is C27H34F5N3O4. The molecule has 0 spiro atoms. The first-order valence-electron chi connectivity index (χ1n) is 13.2. The molecule has 0 bridgehead atoms. The Hall–Kier alpha value is -2.92. The molecule has 1 aromatic carbocycles. The number of halogens is 5. The molecular weight excluding hydrogens is 525 g/mol. The number of carbonyl (C=O) groups is 2. The van der Waals surface area contributed by atoms with Gasteiger partial charge in [0.1, 0.15) is 17.2 Å². The smallest absolute Gasteiger partial charge is 0.408 e. The van der Waals surface area contributed by atoms with Crippen LogP contribution in [0, 0.1) is 11.8 Å². The molecule has 12 heteroatoms. The van der Waals surface area contributed by atoms with E-state index in [1.807, 2.05) is 0 Å². The third-order valence-corrected chi connectivity index (χ3v) is 7.00. The van der Waals surface area contributed by atoms with E-state index in [-0.39, 0.29) is 43.4 Å². The summed E-state index contributed by atoms with van der Waals surface area (Å²) in [5, 5.41) is 5.48. The summed E-state index contributed by atoms with van der Waals surface area (Å²) in [5.41, 5.74) is 0.727.